The van der Waals surface area contributed by atoms with Gasteiger partial charge in [0.15, 0.2) is 0 Å². The molecule has 1 aromatic heterocycles. The fourth-order valence-corrected chi connectivity index (χ4v) is 2.38. The van der Waals surface area contributed by atoms with E-state index in [1.54, 1.807) is 6.08 Å². The fraction of sp³-hybridized carbons (Fsp3) is 0.333. The van der Waals surface area contributed by atoms with Gasteiger partial charge in [-0.15, -0.1) is 0 Å². The van der Waals surface area contributed by atoms with Gasteiger partial charge in [-0.2, -0.15) is 0 Å². The topological polar surface area (TPSA) is 59.3 Å². The molecule has 1 aromatic rings. The number of carboxylic acid groups (broad SMARTS) is 1. The van der Waals surface area contributed by atoms with Crippen LogP contribution in [0.2, 0.25) is 0 Å². The number of rotatable bonds is 3. The zero-order chi connectivity index (χ0) is 13.3. The van der Waals surface area contributed by atoms with Crippen LogP contribution in [0.4, 0.5) is 4.39 Å². The first kappa shape index (κ1) is 12.8. The Labute approximate surface area is 107 Å². The zero-order valence-corrected chi connectivity index (χ0v) is 10.2. The number of aromatic carboxylic acids is 1. The van der Waals surface area contributed by atoms with E-state index >= 15 is 0 Å². The first-order chi connectivity index (χ1) is 8.56. The first-order valence-corrected chi connectivity index (χ1v) is 5.85. The minimum absolute atomic E-state index is 0.0209. The van der Waals surface area contributed by atoms with E-state index in [1.165, 1.54) is 4.57 Å². The van der Waals surface area contributed by atoms with Gasteiger partial charge in [-0.3, -0.25) is 4.79 Å². The average molecular weight is 272 g/mol. The number of nitrogens with zero attached hydrogens (tertiary/aromatic N) is 1. The molecule has 2 rings (SSSR count). The lowest BCUT2D eigenvalue weighted by Crippen LogP contribution is -2.49. The van der Waals surface area contributed by atoms with E-state index in [0.29, 0.717) is 23.2 Å². The van der Waals surface area contributed by atoms with Gasteiger partial charge in [-0.05, 0) is 12.8 Å². The van der Waals surface area contributed by atoms with Gasteiger partial charge in [-0.1, -0.05) is 17.7 Å². The van der Waals surface area contributed by atoms with E-state index in [2.05, 4.69) is 0 Å². The highest BCUT2D eigenvalue weighted by molar-refractivity contribution is 6.45. The monoisotopic (exact) mass is 271 g/mol. The second-order valence-electron chi connectivity index (χ2n) is 3.97. The molecule has 0 atom stereocenters. The molecule has 0 aliphatic heterocycles. The second-order valence-corrected chi connectivity index (χ2v) is 4.43. The summed E-state index contributed by atoms with van der Waals surface area (Å²) in [5.41, 5.74) is -0.921. The number of aromatic nitrogens is 1. The molecule has 0 saturated carbocycles. The maximum Gasteiger partial charge on any atom is 0.341 e. The number of alkyl halides is 1. The minimum atomic E-state index is -1.31. The van der Waals surface area contributed by atoms with Crippen molar-refractivity contribution in [3.05, 3.63) is 32.6 Å². The van der Waals surface area contributed by atoms with Crippen LogP contribution >= 0.6 is 11.6 Å². The van der Waals surface area contributed by atoms with Crippen molar-refractivity contribution in [3.63, 3.8) is 0 Å². The summed E-state index contributed by atoms with van der Waals surface area (Å²) in [6.45, 7) is -0.675. The molecular weight excluding hydrogens is 261 g/mol. The lowest BCUT2D eigenvalue weighted by atomic mass is 10.1. The Balaban J connectivity index is 2.93. The quantitative estimate of drug-likeness (QED) is 0.868. The van der Waals surface area contributed by atoms with E-state index in [9.17, 15) is 14.0 Å². The van der Waals surface area contributed by atoms with E-state index in [4.69, 9.17) is 16.7 Å². The Kier molecular flexibility index (Phi) is 3.52. The number of carbonyl (C=O) groups is 1. The van der Waals surface area contributed by atoms with Gasteiger partial charge in [0.1, 0.15) is 12.2 Å². The molecule has 0 spiro atoms. The van der Waals surface area contributed by atoms with Crippen LogP contribution in [-0.4, -0.2) is 22.3 Å². The highest BCUT2D eigenvalue weighted by atomic mass is 35.5. The summed E-state index contributed by atoms with van der Waals surface area (Å²) < 4.78 is 13.9. The molecule has 1 aliphatic carbocycles. The van der Waals surface area contributed by atoms with Gasteiger partial charge in [0.25, 0.3) is 0 Å². The number of carboxylic acids is 1. The predicted octanol–water partition coefficient (Wildman–Crippen LogP) is 0.437. The molecule has 0 amide bonds. The highest BCUT2D eigenvalue weighted by Gasteiger charge is 2.15. The molecule has 0 radical (unpaired) electrons. The third-order valence-electron chi connectivity index (χ3n) is 2.84. The second kappa shape index (κ2) is 4.94. The van der Waals surface area contributed by atoms with Gasteiger partial charge in [0.2, 0.25) is 5.43 Å². The number of halogens is 2. The van der Waals surface area contributed by atoms with Gasteiger partial charge in [0, 0.05) is 16.4 Å². The van der Waals surface area contributed by atoms with E-state index in [1.807, 2.05) is 0 Å². The number of hydrogen-bond donors (Lipinski definition) is 1. The summed E-state index contributed by atoms with van der Waals surface area (Å²) in [6.07, 6.45) is 3.97. The number of pyridine rings is 1. The molecule has 0 bridgehead atoms. The summed E-state index contributed by atoms with van der Waals surface area (Å²) in [6, 6.07) is 0. The molecule has 1 aliphatic rings. The summed E-state index contributed by atoms with van der Waals surface area (Å²) in [4.78, 5) is 23.0. The number of hydrogen-bond acceptors (Lipinski definition) is 2. The zero-order valence-electron chi connectivity index (χ0n) is 9.45. The third-order valence-corrected chi connectivity index (χ3v) is 3.21. The van der Waals surface area contributed by atoms with E-state index < -0.39 is 18.1 Å². The molecular formula is C12H11ClFNO3. The van der Waals surface area contributed by atoms with Crippen molar-refractivity contribution in [2.45, 2.75) is 19.4 Å². The van der Waals surface area contributed by atoms with Crippen molar-refractivity contribution in [1.82, 2.24) is 4.57 Å². The maximum absolute atomic E-state index is 12.5. The molecule has 1 heterocycles. The van der Waals surface area contributed by atoms with Crippen molar-refractivity contribution in [3.8, 4) is 0 Å². The van der Waals surface area contributed by atoms with Gasteiger partial charge >= 0.3 is 5.97 Å². The Bertz CT molecular complexity index is 678. The predicted molar refractivity (Wildman–Crippen MR) is 65.8 cm³/mol. The lowest BCUT2D eigenvalue weighted by molar-refractivity contribution is 0.0694. The van der Waals surface area contributed by atoms with Crippen molar-refractivity contribution in [2.75, 3.05) is 6.67 Å². The van der Waals surface area contributed by atoms with Crippen molar-refractivity contribution < 1.29 is 14.3 Å². The molecule has 18 heavy (non-hydrogen) atoms. The smallest absolute Gasteiger partial charge is 0.341 e. The molecule has 6 heteroatoms. The Morgan fingerprint density at radius 1 is 1.56 bits per heavy atom. The standard InChI is InChI=1S/C12H11ClFNO3/c13-9-3-1-2-7-10(9)15(5-4-14)6-8(11(7)16)12(17)18/h2,6H,1,3-5H2,(H,17,18). The van der Waals surface area contributed by atoms with Gasteiger partial charge < -0.3 is 9.67 Å². The van der Waals surface area contributed by atoms with Crippen molar-refractivity contribution >= 4 is 28.7 Å². The third kappa shape index (κ3) is 2.06. The van der Waals surface area contributed by atoms with Gasteiger partial charge in [0.05, 0.1) is 11.9 Å². The van der Waals surface area contributed by atoms with Crippen LogP contribution in [-0.2, 0) is 6.54 Å². The van der Waals surface area contributed by atoms with Crippen LogP contribution < -0.4 is 16.0 Å². The Morgan fingerprint density at radius 2 is 2.28 bits per heavy atom. The molecule has 0 saturated heterocycles. The van der Waals surface area contributed by atoms with Crippen molar-refractivity contribution in [1.29, 1.82) is 0 Å². The largest absolute Gasteiger partial charge is 0.477 e. The van der Waals surface area contributed by atoms with Crippen LogP contribution in [0.5, 0.6) is 0 Å². The maximum atomic E-state index is 12.5. The molecule has 0 fully saturated rings. The summed E-state index contributed by atoms with van der Waals surface area (Å²) in [5, 5.41) is 10.1. The highest BCUT2D eigenvalue weighted by Crippen LogP contribution is 2.11. The van der Waals surface area contributed by atoms with Crippen LogP contribution in [0.25, 0.3) is 11.1 Å². The minimum Gasteiger partial charge on any atom is -0.477 e. The summed E-state index contributed by atoms with van der Waals surface area (Å²) in [7, 11) is 0. The van der Waals surface area contributed by atoms with Crippen LogP contribution in [0, 0.1) is 0 Å². The Morgan fingerprint density at radius 3 is 2.89 bits per heavy atom. The van der Waals surface area contributed by atoms with Crippen LogP contribution in [0.1, 0.15) is 23.2 Å². The molecule has 0 aromatic carbocycles. The normalized spacial score (nSPS) is 14.0. The lowest BCUT2D eigenvalue weighted by Gasteiger charge is -2.12. The first-order valence-electron chi connectivity index (χ1n) is 5.48. The Hall–Kier alpha value is -1.62. The molecule has 96 valence electrons. The van der Waals surface area contributed by atoms with Crippen LogP contribution in [0.15, 0.2) is 11.0 Å². The number of fused-ring (bicyclic) bond motifs is 1. The van der Waals surface area contributed by atoms with Gasteiger partial charge in [-0.25, -0.2) is 9.18 Å². The SMILES string of the molecule is O=C(O)c1cn(CCF)c2c(c1=O)=CCCC=2Cl. The van der Waals surface area contributed by atoms with E-state index in [-0.39, 0.29) is 17.3 Å². The molecule has 1 N–H and O–H groups in total. The molecule has 4 nitrogen and oxygen atoms in total. The van der Waals surface area contributed by atoms with Crippen molar-refractivity contribution in [2.24, 2.45) is 0 Å². The number of aryl methyl sites for hydroxylation is 1. The summed E-state index contributed by atoms with van der Waals surface area (Å²) >= 11 is 6.06. The fourth-order valence-electron chi connectivity index (χ4n) is 2.06. The van der Waals surface area contributed by atoms with E-state index in [0.717, 1.165) is 6.20 Å². The van der Waals surface area contributed by atoms with Crippen LogP contribution in [0.3, 0.4) is 0 Å². The molecule has 0 unspecified atom stereocenters. The average Bonchev–Trinajstić information content (AvgIpc) is 2.32. The summed E-state index contributed by atoms with van der Waals surface area (Å²) in [5.74, 6) is -1.31.